The molecule has 1 saturated heterocycles. The van der Waals surface area contributed by atoms with Crippen molar-refractivity contribution >= 4 is 34.4 Å². The number of anilines is 1. The van der Waals surface area contributed by atoms with Gasteiger partial charge in [0.05, 0.1) is 44.1 Å². The summed E-state index contributed by atoms with van der Waals surface area (Å²) in [6.07, 6.45) is 2.20. The molecule has 3 aliphatic heterocycles. The van der Waals surface area contributed by atoms with Crippen molar-refractivity contribution in [1.82, 2.24) is 10.2 Å². The van der Waals surface area contributed by atoms with Gasteiger partial charge in [0, 0.05) is 24.5 Å². The highest BCUT2D eigenvalue weighted by Gasteiger charge is 2.40. The standard InChI is InChI=1S/C29H32N4O5S/c1-18-26(28(35)32-20-9-11-22(36-2)12-10-20)27(19-6-4-7-23(14-19)37-3)33-21(17-39-29(33)31-18)15-25(34)30-16-24-8-5-13-38-24/h4,6-7,9-12,14,17,24,27H,5,8,13,15-16H2,1-3H3,(H,30,34)(H,32,35). The molecule has 3 aliphatic rings. The van der Waals surface area contributed by atoms with Gasteiger partial charge < -0.3 is 29.7 Å². The predicted octanol–water partition coefficient (Wildman–Crippen LogP) is 4.60. The van der Waals surface area contributed by atoms with Gasteiger partial charge in [-0.2, -0.15) is 0 Å². The third-order valence-corrected chi connectivity index (χ3v) is 7.78. The van der Waals surface area contributed by atoms with E-state index in [2.05, 4.69) is 10.6 Å². The molecule has 3 heterocycles. The molecule has 0 saturated carbocycles. The van der Waals surface area contributed by atoms with Crippen LogP contribution >= 0.6 is 11.8 Å². The van der Waals surface area contributed by atoms with E-state index in [0.717, 1.165) is 35.9 Å². The average molecular weight is 549 g/mol. The van der Waals surface area contributed by atoms with Crippen LogP contribution in [0.1, 0.15) is 37.8 Å². The van der Waals surface area contributed by atoms with Gasteiger partial charge in [-0.1, -0.05) is 23.9 Å². The Hall–Kier alpha value is -3.76. The van der Waals surface area contributed by atoms with Crippen LogP contribution in [0.15, 0.2) is 75.9 Å². The molecule has 0 spiro atoms. The van der Waals surface area contributed by atoms with Gasteiger partial charge in [-0.15, -0.1) is 0 Å². The van der Waals surface area contributed by atoms with E-state index in [1.807, 2.05) is 41.5 Å². The molecule has 0 radical (unpaired) electrons. The number of ether oxygens (including phenoxy) is 3. The number of benzene rings is 2. The summed E-state index contributed by atoms with van der Waals surface area (Å²) in [7, 11) is 3.21. The predicted molar refractivity (Wildman–Crippen MR) is 152 cm³/mol. The van der Waals surface area contributed by atoms with Crippen LogP contribution in [0.5, 0.6) is 11.5 Å². The van der Waals surface area contributed by atoms with Crippen molar-refractivity contribution in [3.63, 3.8) is 0 Å². The molecular formula is C29H32N4O5S. The summed E-state index contributed by atoms with van der Waals surface area (Å²) < 4.78 is 16.4. The fraction of sp³-hybridized carbons (Fsp3) is 0.345. The number of hydrogen-bond donors (Lipinski definition) is 2. The maximum absolute atomic E-state index is 13.8. The third kappa shape index (κ3) is 5.97. The molecule has 0 aliphatic carbocycles. The second-order valence-corrected chi connectivity index (χ2v) is 10.3. The van der Waals surface area contributed by atoms with E-state index >= 15 is 0 Å². The smallest absolute Gasteiger partial charge is 0.255 e. The fourth-order valence-electron chi connectivity index (χ4n) is 4.92. The minimum Gasteiger partial charge on any atom is -0.497 e. The molecule has 2 N–H and O–H groups in total. The quantitative estimate of drug-likeness (QED) is 0.472. The first-order valence-electron chi connectivity index (χ1n) is 12.9. The number of allylic oxidation sites excluding steroid dienone is 1. The van der Waals surface area contributed by atoms with Crippen LogP contribution in [0.25, 0.3) is 0 Å². The number of nitrogens with zero attached hydrogens (tertiary/aromatic N) is 2. The van der Waals surface area contributed by atoms with E-state index in [1.54, 1.807) is 38.5 Å². The number of carbonyl (C=O) groups is 2. The summed E-state index contributed by atoms with van der Waals surface area (Å²) in [5, 5.41) is 8.68. The van der Waals surface area contributed by atoms with Crippen LogP contribution in [0, 0.1) is 0 Å². The maximum atomic E-state index is 13.8. The summed E-state index contributed by atoms with van der Waals surface area (Å²) in [6.45, 7) is 3.08. The SMILES string of the molecule is COc1ccc(NC(=O)C2=C(C)N=C3SC=C(CC(=O)NCC4CCCO4)N3C2c2cccc(OC)c2)cc1. The number of hydrogen-bond acceptors (Lipinski definition) is 8. The van der Waals surface area contributed by atoms with E-state index in [4.69, 9.17) is 19.2 Å². The van der Waals surface area contributed by atoms with Crippen LogP contribution in [0.2, 0.25) is 0 Å². The molecule has 204 valence electrons. The Bertz CT molecular complexity index is 1330. The second kappa shape index (κ2) is 12.0. The summed E-state index contributed by atoms with van der Waals surface area (Å²) in [5.41, 5.74) is 3.38. The van der Waals surface area contributed by atoms with Crippen LogP contribution in [0.3, 0.4) is 0 Å². The summed E-state index contributed by atoms with van der Waals surface area (Å²) in [5.74, 6) is 1.01. The van der Waals surface area contributed by atoms with Crippen molar-refractivity contribution in [2.45, 2.75) is 38.3 Å². The molecule has 9 nitrogen and oxygen atoms in total. The zero-order valence-corrected chi connectivity index (χ0v) is 23.0. The van der Waals surface area contributed by atoms with Gasteiger partial charge >= 0.3 is 0 Å². The summed E-state index contributed by atoms with van der Waals surface area (Å²) in [4.78, 5) is 33.5. The van der Waals surface area contributed by atoms with Crippen LogP contribution in [0.4, 0.5) is 5.69 Å². The van der Waals surface area contributed by atoms with Gasteiger partial charge in [0.25, 0.3) is 5.91 Å². The molecular weight excluding hydrogens is 516 g/mol. The number of carbonyl (C=O) groups excluding carboxylic acids is 2. The monoisotopic (exact) mass is 548 g/mol. The zero-order valence-electron chi connectivity index (χ0n) is 22.2. The molecule has 2 aromatic rings. The molecule has 0 bridgehead atoms. The molecule has 2 amide bonds. The first-order chi connectivity index (χ1) is 19.0. The lowest BCUT2D eigenvalue weighted by molar-refractivity contribution is -0.121. The molecule has 5 rings (SSSR count). The third-order valence-electron chi connectivity index (χ3n) is 6.90. The molecule has 2 unspecified atom stereocenters. The van der Waals surface area contributed by atoms with Crippen molar-refractivity contribution in [1.29, 1.82) is 0 Å². The van der Waals surface area contributed by atoms with Gasteiger partial charge in [-0.05, 0) is 67.1 Å². The Kier molecular flexibility index (Phi) is 8.23. The van der Waals surface area contributed by atoms with Gasteiger partial charge in [0.1, 0.15) is 11.5 Å². The van der Waals surface area contributed by atoms with Gasteiger partial charge in [-0.3, -0.25) is 9.59 Å². The molecule has 10 heteroatoms. The Morgan fingerprint density at radius 2 is 1.92 bits per heavy atom. The van der Waals surface area contributed by atoms with Crippen molar-refractivity contribution in [2.75, 3.05) is 32.7 Å². The van der Waals surface area contributed by atoms with Crippen molar-refractivity contribution < 1.29 is 23.8 Å². The van der Waals surface area contributed by atoms with E-state index in [9.17, 15) is 9.59 Å². The molecule has 39 heavy (non-hydrogen) atoms. The Balaban J connectivity index is 1.43. The van der Waals surface area contributed by atoms with Crippen molar-refractivity contribution in [2.24, 2.45) is 4.99 Å². The van der Waals surface area contributed by atoms with Gasteiger partial charge in [-0.25, -0.2) is 4.99 Å². The lowest BCUT2D eigenvalue weighted by Crippen LogP contribution is -2.39. The van der Waals surface area contributed by atoms with Gasteiger partial charge in [0.2, 0.25) is 5.91 Å². The minimum atomic E-state index is -0.502. The van der Waals surface area contributed by atoms with E-state index in [0.29, 0.717) is 35.0 Å². The lowest BCUT2D eigenvalue weighted by Gasteiger charge is -2.36. The minimum absolute atomic E-state index is 0.0661. The number of methoxy groups -OCH3 is 2. The number of amides is 2. The van der Waals surface area contributed by atoms with Gasteiger partial charge in [0.15, 0.2) is 5.17 Å². The Morgan fingerprint density at radius 3 is 2.64 bits per heavy atom. The highest BCUT2D eigenvalue weighted by atomic mass is 32.2. The number of amidine groups is 1. The molecule has 0 aromatic heterocycles. The number of thioether (sulfide) groups is 1. The van der Waals surface area contributed by atoms with E-state index < -0.39 is 6.04 Å². The number of rotatable bonds is 9. The second-order valence-electron chi connectivity index (χ2n) is 9.47. The number of aliphatic imine (C=N–C) groups is 1. The average Bonchev–Trinajstić information content (AvgIpc) is 3.61. The largest absolute Gasteiger partial charge is 0.497 e. The Labute approximate surface area is 232 Å². The highest BCUT2D eigenvalue weighted by Crippen LogP contribution is 2.45. The Morgan fingerprint density at radius 1 is 1.13 bits per heavy atom. The van der Waals surface area contributed by atoms with Crippen LogP contribution in [-0.4, -0.2) is 55.4 Å². The molecule has 1 fully saturated rings. The zero-order chi connectivity index (χ0) is 27.4. The topological polar surface area (TPSA) is 101 Å². The van der Waals surface area contributed by atoms with E-state index in [-0.39, 0.29) is 24.3 Å². The number of fused-ring (bicyclic) bond motifs is 1. The number of nitrogens with one attached hydrogen (secondary N) is 2. The first kappa shape index (κ1) is 26.8. The van der Waals surface area contributed by atoms with Crippen molar-refractivity contribution in [3.05, 3.63) is 76.5 Å². The molecule has 2 aromatic carbocycles. The van der Waals surface area contributed by atoms with E-state index in [1.165, 1.54) is 11.8 Å². The summed E-state index contributed by atoms with van der Waals surface area (Å²) >= 11 is 1.45. The lowest BCUT2D eigenvalue weighted by atomic mass is 9.93. The summed E-state index contributed by atoms with van der Waals surface area (Å²) in [6, 6.07) is 14.3. The van der Waals surface area contributed by atoms with Crippen LogP contribution in [-0.2, 0) is 14.3 Å². The normalized spacial score (nSPS) is 20.2. The molecule has 2 atom stereocenters. The first-order valence-corrected chi connectivity index (χ1v) is 13.8. The fourth-order valence-corrected chi connectivity index (χ4v) is 5.88. The highest BCUT2D eigenvalue weighted by molar-refractivity contribution is 8.16. The van der Waals surface area contributed by atoms with Crippen LogP contribution < -0.4 is 20.1 Å². The maximum Gasteiger partial charge on any atom is 0.255 e. The van der Waals surface area contributed by atoms with Crippen molar-refractivity contribution in [3.8, 4) is 11.5 Å².